The van der Waals surface area contributed by atoms with Gasteiger partial charge in [0.1, 0.15) is 5.65 Å². The molecule has 1 saturated heterocycles. The molecule has 1 aromatic carbocycles. The number of hydrogen-bond donors (Lipinski definition) is 2. The minimum absolute atomic E-state index is 0.0801. The highest BCUT2D eigenvalue weighted by atomic mass is 16.6. The van der Waals surface area contributed by atoms with Gasteiger partial charge in [0.05, 0.1) is 10.5 Å². The molecule has 144 valence electrons. The lowest BCUT2D eigenvalue weighted by atomic mass is 9.89. The van der Waals surface area contributed by atoms with Gasteiger partial charge < -0.3 is 15.2 Å². The molecular weight excluding hydrogens is 358 g/mol. The van der Waals surface area contributed by atoms with Gasteiger partial charge in [-0.2, -0.15) is 0 Å². The average molecular weight is 379 g/mol. The number of piperidine rings is 1. The zero-order valence-electron chi connectivity index (χ0n) is 15.5. The number of rotatable bonds is 4. The third kappa shape index (κ3) is 3.17. The number of nitro benzene ring substituents is 1. The minimum atomic E-state index is -0.479. The predicted octanol–water partition coefficient (Wildman–Crippen LogP) is 3.53. The van der Waals surface area contributed by atoms with E-state index in [2.05, 4.69) is 21.4 Å². The van der Waals surface area contributed by atoms with Crippen LogP contribution in [-0.4, -0.2) is 45.8 Å². The number of amides is 1. The summed E-state index contributed by atoms with van der Waals surface area (Å²) in [5, 5.41) is 15.2. The van der Waals surface area contributed by atoms with Crippen molar-refractivity contribution in [3.63, 3.8) is 0 Å². The van der Waals surface area contributed by atoms with E-state index in [0.29, 0.717) is 30.3 Å². The van der Waals surface area contributed by atoms with E-state index < -0.39 is 4.92 Å². The Labute approximate surface area is 161 Å². The monoisotopic (exact) mass is 379 g/mol. The van der Waals surface area contributed by atoms with Crippen LogP contribution in [-0.2, 0) is 0 Å². The van der Waals surface area contributed by atoms with Crippen LogP contribution in [0, 0.1) is 10.1 Å². The number of carbonyl (C=O) groups excluding carboxylic acids is 1. The van der Waals surface area contributed by atoms with Crippen molar-refractivity contribution in [1.29, 1.82) is 0 Å². The lowest BCUT2D eigenvalue weighted by Crippen LogP contribution is -2.38. The Morgan fingerprint density at radius 1 is 1.32 bits per heavy atom. The molecule has 0 aliphatic carbocycles. The number of pyridine rings is 1. The van der Waals surface area contributed by atoms with E-state index in [1.165, 1.54) is 17.7 Å². The quantitative estimate of drug-likeness (QED) is 0.533. The molecule has 1 aliphatic heterocycles. The first kappa shape index (κ1) is 18.0. The van der Waals surface area contributed by atoms with Crippen molar-refractivity contribution in [3.05, 3.63) is 64.0 Å². The first-order valence-corrected chi connectivity index (χ1v) is 9.26. The van der Waals surface area contributed by atoms with Crippen molar-refractivity contribution < 1.29 is 9.72 Å². The van der Waals surface area contributed by atoms with Crippen molar-refractivity contribution in [1.82, 2.24) is 14.9 Å². The van der Waals surface area contributed by atoms with E-state index in [1.807, 2.05) is 12.3 Å². The molecule has 28 heavy (non-hydrogen) atoms. The van der Waals surface area contributed by atoms with Crippen LogP contribution in [0.25, 0.3) is 11.0 Å². The third-order valence-corrected chi connectivity index (χ3v) is 5.42. The van der Waals surface area contributed by atoms with Gasteiger partial charge in [-0.3, -0.25) is 14.9 Å². The molecule has 1 amide bonds. The zero-order chi connectivity index (χ0) is 19.7. The summed E-state index contributed by atoms with van der Waals surface area (Å²) in [5.74, 6) is 0.183. The van der Waals surface area contributed by atoms with Gasteiger partial charge in [-0.1, -0.05) is 0 Å². The third-order valence-electron chi connectivity index (χ3n) is 5.42. The highest BCUT2D eigenvalue weighted by Crippen LogP contribution is 2.33. The average Bonchev–Trinajstić information content (AvgIpc) is 3.17. The molecule has 8 heteroatoms. The number of aromatic nitrogens is 2. The number of H-pyrrole nitrogens is 1. The molecule has 1 fully saturated rings. The number of nitrogens with zero attached hydrogens (tertiary/aromatic N) is 3. The SMILES string of the molecule is CNc1ccc([N+](=O)[O-])cc1C(=O)N1CCC(c2c[nH]c3ncccc23)CC1. The number of anilines is 1. The molecule has 1 aliphatic rings. The smallest absolute Gasteiger partial charge is 0.270 e. The second-order valence-corrected chi connectivity index (χ2v) is 6.95. The lowest BCUT2D eigenvalue weighted by molar-refractivity contribution is -0.384. The number of nitrogens with one attached hydrogen (secondary N) is 2. The molecular formula is C20H21N5O3. The van der Waals surface area contributed by atoms with E-state index in [-0.39, 0.29) is 11.6 Å². The second-order valence-electron chi connectivity index (χ2n) is 6.95. The van der Waals surface area contributed by atoms with Crippen LogP contribution >= 0.6 is 0 Å². The van der Waals surface area contributed by atoms with Gasteiger partial charge in [0.25, 0.3) is 11.6 Å². The Bertz CT molecular complexity index is 1040. The fourth-order valence-electron chi connectivity index (χ4n) is 3.92. The fourth-order valence-corrected chi connectivity index (χ4v) is 3.92. The Morgan fingerprint density at radius 2 is 2.11 bits per heavy atom. The summed E-state index contributed by atoms with van der Waals surface area (Å²) in [7, 11) is 1.70. The second kappa shape index (κ2) is 7.30. The van der Waals surface area contributed by atoms with Gasteiger partial charge in [0, 0.05) is 55.7 Å². The first-order chi connectivity index (χ1) is 13.6. The van der Waals surface area contributed by atoms with Crippen LogP contribution < -0.4 is 5.32 Å². The van der Waals surface area contributed by atoms with Crippen molar-refractivity contribution in [3.8, 4) is 0 Å². The number of hydrogen-bond acceptors (Lipinski definition) is 5. The Balaban J connectivity index is 1.51. The van der Waals surface area contributed by atoms with Gasteiger partial charge in [0.15, 0.2) is 0 Å². The number of carbonyl (C=O) groups is 1. The van der Waals surface area contributed by atoms with Crippen LogP contribution in [0.5, 0.6) is 0 Å². The van der Waals surface area contributed by atoms with Gasteiger partial charge in [0.2, 0.25) is 0 Å². The molecule has 2 N–H and O–H groups in total. The summed E-state index contributed by atoms with van der Waals surface area (Å²) in [5.41, 5.74) is 2.98. The first-order valence-electron chi connectivity index (χ1n) is 9.26. The van der Waals surface area contributed by atoms with E-state index in [4.69, 9.17) is 0 Å². The largest absolute Gasteiger partial charge is 0.387 e. The molecule has 3 heterocycles. The van der Waals surface area contributed by atoms with E-state index >= 15 is 0 Å². The molecule has 0 saturated carbocycles. The molecule has 4 rings (SSSR count). The molecule has 0 radical (unpaired) electrons. The standard InChI is InChI=1S/C20H21N5O3/c1-21-18-5-4-14(25(27)28)11-16(18)20(26)24-9-6-13(7-10-24)17-12-23-19-15(17)3-2-8-22-19/h2-5,8,11-13,21H,6-7,9-10H2,1H3,(H,22,23). The summed E-state index contributed by atoms with van der Waals surface area (Å²) in [4.78, 5) is 32.9. The molecule has 3 aromatic rings. The Hall–Kier alpha value is -3.42. The molecule has 8 nitrogen and oxygen atoms in total. The summed E-state index contributed by atoms with van der Waals surface area (Å²) in [6, 6.07) is 8.33. The van der Waals surface area contributed by atoms with Crippen molar-refractivity contribution >= 4 is 28.3 Å². The molecule has 0 unspecified atom stereocenters. The van der Waals surface area contributed by atoms with Gasteiger partial charge >= 0.3 is 0 Å². The van der Waals surface area contributed by atoms with E-state index in [1.54, 1.807) is 24.2 Å². The number of fused-ring (bicyclic) bond motifs is 1. The van der Waals surface area contributed by atoms with Crippen molar-refractivity contribution in [2.24, 2.45) is 0 Å². The minimum Gasteiger partial charge on any atom is -0.387 e. The number of aromatic amines is 1. The lowest BCUT2D eigenvalue weighted by Gasteiger charge is -2.32. The normalized spacial score (nSPS) is 15.0. The highest BCUT2D eigenvalue weighted by molar-refractivity contribution is 6.00. The van der Waals surface area contributed by atoms with Crippen LogP contribution in [0.4, 0.5) is 11.4 Å². The maximum atomic E-state index is 13.0. The van der Waals surface area contributed by atoms with Crippen molar-refractivity contribution in [2.45, 2.75) is 18.8 Å². The van der Waals surface area contributed by atoms with Crippen LogP contribution in [0.15, 0.2) is 42.7 Å². The number of non-ortho nitro benzene ring substituents is 1. The van der Waals surface area contributed by atoms with E-state index in [0.717, 1.165) is 23.9 Å². The zero-order valence-corrected chi connectivity index (χ0v) is 15.5. The maximum absolute atomic E-state index is 13.0. The topological polar surface area (TPSA) is 104 Å². The number of likely N-dealkylation sites (tertiary alicyclic amines) is 1. The summed E-state index contributed by atoms with van der Waals surface area (Å²) < 4.78 is 0. The summed E-state index contributed by atoms with van der Waals surface area (Å²) >= 11 is 0. The fraction of sp³-hybridized carbons (Fsp3) is 0.300. The number of nitro groups is 1. The predicted molar refractivity (Wildman–Crippen MR) is 107 cm³/mol. The van der Waals surface area contributed by atoms with Crippen LogP contribution in [0.3, 0.4) is 0 Å². The Morgan fingerprint density at radius 3 is 2.82 bits per heavy atom. The van der Waals surface area contributed by atoms with Crippen molar-refractivity contribution in [2.75, 3.05) is 25.5 Å². The Kier molecular flexibility index (Phi) is 4.68. The molecule has 0 atom stereocenters. The molecule has 0 bridgehead atoms. The highest BCUT2D eigenvalue weighted by Gasteiger charge is 2.28. The summed E-state index contributed by atoms with van der Waals surface area (Å²) in [6.07, 6.45) is 5.47. The van der Waals surface area contributed by atoms with Gasteiger partial charge in [-0.15, -0.1) is 0 Å². The van der Waals surface area contributed by atoms with Crippen LogP contribution in [0.2, 0.25) is 0 Å². The molecule has 0 spiro atoms. The van der Waals surface area contributed by atoms with E-state index in [9.17, 15) is 14.9 Å². The van der Waals surface area contributed by atoms with Gasteiger partial charge in [-0.25, -0.2) is 4.98 Å². The molecule has 2 aromatic heterocycles. The van der Waals surface area contributed by atoms with Crippen LogP contribution in [0.1, 0.15) is 34.7 Å². The van der Waals surface area contributed by atoms with Gasteiger partial charge in [-0.05, 0) is 42.5 Å². The summed E-state index contributed by atoms with van der Waals surface area (Å²) in [6.45, 7) is 1.23. The number of benzene rings is 1. The maximum Gasteiger partial charge on any atom is 0.270 e.